The summed E-state index contributed by atoms with van der Waals surface area (Å²) < 4.78 is 0. The molecule has 1 rings (SSSR count). The van der Waals surface area contributed by atoms with E-state index in [1.54, 1.807) is 18.2 Å². The quantitative estimate of drug-likeness (QED) is 0.375. The van der Waals surface area contributed by atoms with Gasteiger partial charge in [0.2, 0.25) is 6.41 Å². The van der Waals surface area contributed by atoms with Gasteiger partial charge in [-0.3, -0.25) is 4.79 Å². The van der Waals surface area contributed by atoms with E-state index in [1.165, 1.54) is 0 Å². The number of rotatable bonds is 4. The van der Waals surface area contributed by atoms with Gasteiger partial charge in [-0.25, -0.2) is 0 Å². The molecule has 1 amide bonds. The molecule has 0 aromatic heterocycles. The summed E-state index contributed by atoms with van der Waals surface area (Å²) >= 11 is 17.2. The second-order valence-corrected chi connectivity index (χ2v) is 3.67. The number of carbonyl (C=O) groups is 1. The molecule has 1 aromatic carbocycles. The van der Waals surface area contributed by atoms with E-state index in [0.717, 1.165) is 0 Å². The number of carbonyl (C=O) groups excluding carboxylic acids is 1. The van der Waals surface area contributed by atoms with Crippen molar-refractivity contribution in [2.24, 2.45) is 0 Å². The molecule has 76 valence electrons. The highest BCUT2D eigenvalue weighted by atomic mass is 35.5. The molecule has 1 atom stereocenters. The van der Waals surface area contributed by atoms with E-state index in [1.807, 2.05) is 0 Å². The fourth-order valence-corrected chi connectivity index (χ4v) is 1.31. The molecule has 0 radical (unpaired) electrons. The number of benzene rings is 1. The van der Waals surface area contributed by atoms with E-state index in [2.05, 4.69) is 10.6 Å². The third-order valence-electron chi connectivity index (χ3n) is 1.43. The molecular weight excluding hydrogens is 246 g/mol. The van der Waals surface area contributed by atoms with Gasteiger partial charge in [-0.15, -0.1) is 0 Å². The van der Waals surface area contributed by atoms with Gasteiger partial charge < -0.3 is 10.6 Å². The van der Waals surface area contributed by atoms with Crippen molar-refractivity contribution in [3.8, 4) is 0 Å². The average molecular weight is 254 g/mol. The Hall–Kier alpha value is -0.640. The van der Waals surface area contributed by atoms with Crippen molar-refractivity contribution in [3.63, 3.8) is 0 Å². The first kappa shape index (κ1) is 11.4. The van der Waals surface area contributed by atoms with Gasteiger partial charge in [0.25, 0.3) is 0 Å². The number of alkyl halides is 1. The molecule has 6 heteroatoms. The van der Waals surface area contributed by atoms with Crippen molar-refractivity contribution in [3.05, 3.63) is 28.2 Å². The van der Waals surface area contributed by atoms with Crippen LogP contribution in [0.25, 0.3) is 0 Å². The zero-order valence-corrected chi connectivity index (χ0v) is 9.20. The van der Waals surface area contributed by atoms with Crippen LogP contribution in [0.2, 0.25) is 10.0 Å². The zero-order chi connectivity index (χ0) is 10.6. The maximum absolute atomic E-state index is 10.0. The average Bonchev–Trinajstić information content (AvgIpc) is 2.12. The Labute approximate surface area is 96.3 Å². The van der Waals surface area contributed by atoms with Gasteiger partial charge in [0.05, 0.1) is 10.0 Å². The normalized spacial score (nSPS) is 11.9. The lowest BCUT2D eigenvalue weighted by atomic mass is 10.3. The molecule has 0 heterocycles. The van der Waals surface area contributed by atoms with Gasteiger partial charge >= 0.3 is 0 Å². The molecule has 0 aliphatic rings. The van der Waals surface area contributed by atoms with Crippen molar-refractivity contribution in [2.75, 3.05) is 5.32 Å². The second-order valence-electron chi connectivity index (χ2n) is 2.42. The molecule has 0 fully saturated rings. The maximum Gasteiger partial charge on any atom is 0.209 e. The Kier molecular flexibility index (Phi) is 4.32. The number of hydrogen-bond acceptors (Lipinski definition) is 2. The van der Waals surface area contributed by atoms with Crippen LogP contribution < -0.4 is 10.6 Å². The van der Waals surface area contributed by atoms with Crippen LogP contribution in [-0.2, 0) is 4.79 Å². The van der Waals surface area contributed by atoms with Crippen molar-refractivity contribution in [2.45, 2.75) is 5.62 Å². The van der Waals surface area contributed by atoms with Gasteiger partial charge in [0, 0.05) is 5.69 Å². The Morgan fingerprint density at radius 2 is 2.00 bits per heavy atom. The minimum Gasteiger partial charge on any atom is -0.353 e. The van der Waals surface area contributed by atoms with Gasteiger partial charge in [-0.05, 0) is 18.2 Å². The first-order valence-electron chi connectivity index (χ1n) is 3.69. The summed E-state index contributed by atoms with van der Waals surface area (Å²) in [6.45, 7) is 0. The molecule has 3 nitrogen and oxygen atoms in total. The maximum atomic E-state index is 10.0. The van der Waals surface area contributed by atoms with Crippen molar-refractivity contribution in [1.29, 1.82) is 0 Å². The van der Waals surface area contributed by atoms with E-state index in [9.17, 15) is 4.79 Å². The molecular formula is C8H7Cl3N2O. The standard InChI is InChI=1S/C8H7Cl3N2O/c9-6-2-1-5(3-7(6)10)13-8(11)12-4-14/h1-4,8,13H,(H,12,14). The lowest BCUT2D eigenvalue weighted by molar-refractivity contribution is -0.109. The lowest BCUT2D eigenvalue weighted by Gasteiger charge is -2.12. The molecule has 0 aliphatic heterocycles. The zero-order valence-electron chi connectivity index (χ0n) is 6.93. The van der Waals surface area contributed by atoms with E-state index < -0.39 is 5.62 Å². The van der Waals surface area contributed by atoms with E-state index >= 15 is 0 Å². The molecule has 1 aromatic rings. The molecule has 1 unspecified atom stereocenters. The third kappa shape index (κ3) is 3.25. The summed E-state index contributed by atoms with van der Waals surface area (Å²) in [6.07, 6.45) is 0.502. The van der Waals surface area contributed by atoms with Crippen LogP contribution in [-0.4, -0.2) is 12.0 Å². The number of nitrogens with one attached hydrogen (secondary N) is 2. The molecule has 14 heavy (non-hydrogen) atoms. The van der Waals surface area contributed by atoms with Gasteiger partial charge in [-0.1, -0.05) is 34.8 Å². The Bertz CT molecular complexity index is 332. The van der Waals surface area contributed by atoms with Crippen LogP contribution in [0.4, 0.5) is 5.69 Å². The van der Waals surface area contributed by atoms with Crippen molar-refractivity contribution >= 4 is 46.9 Å². The highest BCUT2D eigenvalue weighted by Crippen LogP contribution is 2.25. The number of halogens is 3. The Morgan fingerprint density at radius 1 is 1.29 bits per heavy atom. The predicted octanol–water partition coefficient (Wildman–Crippen LogP) is 2.67. The summed E-state index contributed by atoms with van der Waals surface area (Å²) in [5.74, 6) is 0. The van der Waals surface area contributed by atoms with Crippen molar-refractivity contribution in [1.82, 2.24) is 5.32 Å². The highest BCUT2D eigenvalue weighted by molar-refractivity contribution is 6.42. The molecule has 0 bridgehead atoms. The third-order valence-corrected chi connectivity index (χ3v) is 2.40. The SMILES string of the molecule is O=CNC(Cl)Nc1ccc(Cl)c(Cl)c1. The van der Waals surface area contributed by atoms with Crippen LogP contribution in [0.1, 0.15) is 0 Å². The number of hydrogen-bond donors (Lipinski definition) is 2. The first-order valence-corrected chi connectivity index (χ1v) is 4.88. The van der Waals surface area contributed by atoms with Crippen LogP contribution in [0.15, 0.2) is 18.2 Å². The van der Waals surface area contributed by atoms with Gasteiger partial charge in [0.15, 0.2) is 5.62 Å². The summed E-state index contributed by atoms with van der Waals surface area (Å²) in [5, 5.41) is 6.00. The van der Waals surface area contributed by atoms with Crippen LogP contribution in [0, 0.1) is 0 Å². The Morgan fingerprint density at radius 3 is 2.57 bits per heavy atom. The molecule has 0 spiro atoms. The number of amides is 1. The highest BCUT2D eigenvalue weighted by Gasteiger charge is 2.03. The van der Waals surface area contributed by atoms with Crippen LogP contribution in [0.3, 0.4) is 0 Å². The van der Waals surface area contributed by atoms with Crippen LogP contribution in [0.5, 0.6) is 0 Å². The minimum absolute atomic E-state index is 0.423. The summed E-state index contributed by atoms with van der Waals surface area (Å²) in [4.78, 5) is 10.0. The van der Waals surface area contributed by atoms with E-state index in [0.29, 0.717) is 22.1 Å². The summed E-state index contributed by atoms with van der Waals surface area (Å²) in [5.41, 5.74) is -0.00140. The summed E-state index contributed by atoms with van der Waals surface area (Å²) in [6, 6.07) is 4.96. The second kappa shape index (κ2) is 5.29. The van der Waals surface area contributed by atoms with E-state index in [-0.39, 0.29) is 0 Å². The molecule has 2 N–H and O–H groups in total. The van der Waals surface area contributed by atoms with Gasteiger partial charge in [0.1, 0.15) is 0 Å². The predicted molar refractivity (Wildman–Crippen MR) is 58.9 cm³/mol. The largest absolute Gasteiger partial charge is 0.353 e. The Balaban J connectivity index is 2.67. The minimum atomic E-state index is -0.676. The lowest BCUT2D eigenvalue weighted by Crippen LogP contribution is -2.29. The molecule has 0 saturated heterocycles. The fraction of sp³-hybridized carbons (Fsp3) is 0.125. The number of anilines is 1. The van der Waals surface area contributed by atoms with Gasteiger partial charge in [-0.2, -0.15) is 0 Å². The molecule has 0 saturated carbocycles. The molecule has 0 aliphatic carbocycles. The summed E-state index contributed by atoms with van der Waals surface area (Å²) in [7, 11) is 0. The fourth-order valence-electron chi connectivity index (χ4n) is 0.834. The smallest absolute Gasteiger partial charge is 0.209 e. The van der Waals surface area contributed by atoms with Crippen LogP contribution >= 0.6 is 34.8 Å². The topological polar surface area (TPSA) is 41.1 Å². The van der Waals surface area contributed by atoms with E-state index in [4.69, 9.17) is 34.8 Å². The first-order chi connectivity index (χ1) is 6.63. The van der Waals surface area contributed by atoms with Crippen molar-refractivity contribution < 1.29 is 4.79 Å². The monoisotopic (exact) mass is 252 g/mol.